The number of aromatic amines is 1. The minimum atomic E-state index is -0.299. The molecule has 0 atom stereocenters. The third-order valence-corrected chi connectivity index (χ3v) is 4.10. The lowest BCUT2D eigenvalue weighted by atomic mass is 10.3. The second kappa shape index (κ2) is 4.82. The summed E-state index contributed by atoms with van der Waals surface area (Å²) < 4.78 is 18.1. The van der Waals surface area contributed by atoms with Crippen LogP contribution in [-0.4, -0.2) is 19.3 Å². The van der Waals surface area contributed by atoms with E-state index in [9.17, 15) is 4.39 Å². The van der Waals surface area contributed by atoms with Crippen molar-refractivity contribution in [2.24, 2.45) is 0 Å². The van der Waals surface area contributed by atoms with E-state index in [1.807, 2.05) is 23.1 Å². The van der Waals surface area contributed by atoms with Crippen molar-refractivity contribution in [3.8, 4) is 5.69 Å². The number of halogens is 2. The highest BCUT2D eigenvalue weighted by Crippen LogP contribution is 2.25. The van der Waals surface area contributed by atoms with Crippen LogP contribution < -0.4 is 0 Å². The standard InChI is InChI=1S/C13H12BrFN4S/c1-3-18-12-11(7(2)17-18)16-13(20)19(12)8-4-5-10(15)9(14)6-8/h4-6H,3H2,1-2H3,(H,16,20). The van der Waals surface area contributed by atoms with Crippen molar-refractivity contribution in [3.63, 3.8) is 0 Å². The van der Waals surface area contributed by atoms with Gasteiger partial charge in [0.05, 0.1) is 15.9 Å². The Bertz CT molecular complexity index is 861. The summed E-state index contributed by atoms with van der Waals surface area (Å²) in [6.45, 7) is 4.69. The van der Waals surface area contributed by atoms with Gasteiger partial charge >= 0.3 is 0 Å². The molecule has 0 saturated heterocycles. The number of nitrogens with zero attached hydrogens (tertiary/aromatic N) is 3. The molecule has 3 aromatic rings. The monoisotopic (exact) mass is 354 g/mol. The number of rotatable bonds is 2. The summed E-state index contributed by atoms with van der Waals surface area (Å²) in [6, 6.07) is 4.83. The van der Waals surface area contributed by atoms with Crippen LogP contribution in [0.4, 0.5) is 4.39 Å². The summed E-state index contributed by atoms with van der Waals surface area (Å²) in [5.74, 6) is -0.299. The maximum atomic E-state index is 13.4. The van der Waals surface area contributed by atoms with Gasteiger partial charge in [-0.1, -0.05) is 0 Å². The Morgan fingerprint density at radius 2 is 2.20 bits per heavy atom. The zero-order chi connectivity index (χ0) is 14.4. The van der Waals surface area contributed by atoms with Gasteiger partial charge in [-0.05, 0) is 60.2 Å². The molecule has 0 radical (unpaired) electrons. The van der Waals surface area contributed by atoms with E-state index < -0.39 is 0 Å². The predicted octanol–water partition coefficient (Wildman–Crippen LogP) is 4.11. The van der Waals surface area contributed by atoms with E-state index >= 15 is 0 Å². The van der Waals surface area contributed by atoms with Crippen molar-refractivity contribution in [2.45, 2.75) is 20.4 Å². The van der Waals surface area contributed by atoms with E-state index in [0.29, 0.717) is 9.24 Å². The SMILES string of the molecule is CCn1nc(C)c2[nH]c(=S)n(-c3ccc(F)c(Br)c3)c21. The van der Waals surface area contributed by atoms with Gasteiger partial charge in [-0.15, -0.1) is 0 Å². The molecule has 0 unspecified atom stereocenters. The molecule has 1 aromatic carbocycles. The molecular weight excluding hydrogens is 343 g/mol. The molecule has 3 rings (SSSR count). The van der Waals surface area contributed by atoms with Crippen LogP contribution in [0.15, 0.2) is 22.7 Å². The fourth-order valence-electron chi connectivity index (χ4n) is 2.29. The second-order valence-electron chi connectivity index (χ2n) is 4.46. The van der Waals surface area contributed by atoms with Crippen molar-refractivity contribution in [1.29, 1.82) is 0 Å². The minimum absolute atomic E-state index is 0.299. The molecule has 2 aromatic heterocycles. The molecule has 7 heteroatoms. The lowest BCUT2D eigenvalue weighted by Gasteiger charge is -2.07. The van der Waals surface area contributed by atoms with Gasteiger partial charge in [-0.3, -0.25) is 4.57 Å². The largest absolute Gasteiger partial charge is 0.327 e. The molecule has 4 nitrogen and oxygen atoms in total. The van der Waals surface area contributed by atoms with Gasteiger partial charge in [0.15, 0.2) is 10.4 Å². The minimum Gasteiger partial charge on any atom is -0.327 e. The Kier molecular flexibility index (Phi) is 3.25. The molecule has 104 valence electrons. The Morgan fingerprint density at radius 1 is 1.45 bits per heavy atom. The first-order valence-corrected chi connectivity index (χ1v) is 7.36. The zero-order valence-electron chi connectivity index (χ0n) is 10.9. The molecule has 0 spiro atoms. The van der Waals surface area contributed by atoms with Crippen molar-refractivity contribution in [1.82, 2.24) is 19.3 Å². The molecule has 1 N–H and O–H groups in total. The van der Waals surface area contributed by atoms with Gasteiger partial charge in [0.25, 0.3) is 0 Å². The van der Waals surface area contributed by atoms with Crippen LogP contribution in [0.5, 0.6) is 0 Å². The molecule has 0 aliphatic heterocycles. The first kappa shape index (κ1) is 13.5. The molecule has 0 aliphatic carbocycles. The average molecular weight is 355 g/mol. The highest BCUT2D eigenvalue weighted by Gasteiger charge is 2.15. The van der Waals surface area contributed by atoms with Crippen LogP contribution >= 0.6 is 28.1 Å². The number of fused-ring (bicyclic) bond motifs is 1. The fourth-order valence-corrected chi connectivity index (χ4v) is 2.95. The zero-order valence-corrected chi connectivity index (χ0v) is 13.3. The van der Waals surface area contributed by atoms with Gasteiger partial charge in [0.2, 0.25) is 0 Å². The van der Waals surface area contributed by atoms with E-state index in [1.165, 1.54) is 6.07 Å². The van der Waals surface area contributed by atoms with Crippen molar-refractivity contribution >= 4 is 39.3 Å². The Morgan fingerprint density at radius 3 is 2.85 bits per heavy atom. The molecule has 0 saturated carbocycles. The number of benzene rings is 1. The number of aromatic nitrogens is 4. The third kappa shape index (κ3) is 1.92. The van der Waals surface area contributed by atoms with Crippen LogP contribution in [-0.2, 0) is 6.54 Å². The third-order valence-electron chi connectivity index (χ3n) is 3.21. The molecule has 0 bridgehead atoms. The Balaban J connectivity index is 2.37. The number of nitrogens with one attached hydrogen (secondary N) is 1. The summed E-state index contributed by atoms with van der Waals surface area (Å²) in [4.78, 5) is 3.17. The molecule has 0 aliphatic rings. The fraction of sp³-hybridized carbons (Fsp3) is 0.231. The van der Waals surface area contributed by atoms with Crippen molar-refractivity contribution < 1.29 is 4.39 Å². The number of aryl methyl sites for hydroxylation is 2. The van der Waals surface area contributed by atoms with Crippen molar-refractivity contribution in [3.05, 3.63) is 39.0 Å². The molecule has 20 heavy (non-hydrogen) atoms. The Labute approximate surface area is 128 Å². The van der Waals surface area contributed by atoms with E-state index in [4.69, 9.17) is 12.2 Å². The van der Waals surface area contributed by atoms with Crippen LogP contribution in [0.2, 0.25) is 0 Å². The summed E-state index contributed by atoms with van der Waals surface area (Å²) in [5, 5.41) is 4.47. The second-order valence-corrected chi connectivity index (χ2v) is 5.70. The topological polar surface area (TPSA) is 38.5 Å². The average Bonchev–Trinajstić information content (AvgIpc) is 2.90. The first-order chi connectivity index (χ1) is 9.52. The summed E-state index contributed by atoms with van der Waals surface area (Å²) in [5.41, 5.74) is 3.50. The smallest absolute Gasteiger partial charge is 0.184 e. The van der Waals surface area contributed by atoms with Gasteiger partial charge in [-0.25, -0.2) is 9.07 Å². The summed E-state index contributed by atoms with van der Waals surface area (Å²) in [6.07, 6.45) is 0. The highest BCUT2D eigenvalue weighted by atomic mass is 79.9. The van der Waals surface area contributed by atoms with Gasteiger partial charge in [0, 0.05) is 6.54 Å². The predicted molar refractivity (Wildman–Crippen MR) is 82.3 cm³/mol. The number of hydrogen-bond donors (Lipinski definition) is 1. The number of hydrogen-bond acceptors (Lipinski definition) is 2. The first-order valence-electron chi connectivity index (χ1n) is 6.16. The lowest BCUT2D eigenvalue weighted by molar-refractivity contribution is 0.620. The van der Waals surface area contributed by atoms with Crippen LogP contribution in [0.25, 0.3) is 16.9 Å². The van der Waals surface area contributed by atoms with E-state index in [-0.39, 0.29) is 5.82 Å². The highest BCUT2D eigenvalue weighted by molar-refractivity contribution is 9.10. The Hall–Kier alpha value is -1.47. The number of imidazole rings is 1. The maximum Gasteiger partial charge on any atom is 0.184 e. The lowest BCUT2D eigenvalue weighted by Crippen LogP contribution is -2.03. The quantitative estimate of drug-likeness (QED) is 0.703. The number of H-pyrrole nitrogens is 1. The van der Waals surface area contributed by atoms with E-state index in [2.05, 4.69) is 26.0 Å². The summed E-state index contributed by atoms with van der Waals surface area (Å²) in [7, 11) is 0. The molecular formula is C13H12BrFN4S. The van der Waals surface area contributed by atoms with E-state index in [0.717, 1.165) is 29.1 Å². The van der Waals surface area contributed by atoms with Gasteiger partial charge < -0.3 is 4.98 Å². The van der Waals surface area contributed by atoms with Crippen molar-refractivity contribution in [2.75, 3.05) is 0 Å². The van der Waals surface area contributed by atoms with E-state index in [1.54, 1.807) is 12.1 Å². The summed E-state index contributed by atoms with van der Waals surface area (Å²) >= 11 is 8.60. The normalized spacial score (nSPS) is 11.4. The van der Waals surface area contributed by atoms with Gasteiger partial charge in [-0.2, -0.15) is 5.10 Å². The molecule has 0 fully saturated rings. The van der Waals surface area contributed by atoms with Gasteiger partial charge in [0.1, 0.15) is 11.3 Å². The van der Waals surface area contributed by atoms with Crippen LogP contribution in [0.1, 0.15) is 12.6 Å². The molecule has 2 heterocycles. The molecule has 0 amide bonds. The van der Waals surface area contributed by atoms with Crippen LogP contribution in [0, 0.1) is 17.5 Å². The van der Waals surface area contributed by atoms with Crippen LogP contribution in [0.3, 0.4) is 0 Å². The maximum absolute atomic E-state index is 13.4.